The number of nitrogens with zero attached hydrogens (tertiary/aromatic N) is 1. The van der Waals surface area contributed by atoms with E-state index in [4.69, 9.17) is 5.26 Å². The van der Waals surface area contributed by atoms with Gasteiger partial charge in [0.25, 0.3) is 0 Å². The zero-order chi connectivity index (χ0) is 13.2. The van der Waals surface area contributed by atoms with Crippen molar-refractivity contribution in [3.63, 3.8) is 0 Å². The van der Waals surface area contributed by atoms with Crippen molar-refractivity contribution in [3.05, 3.63) is 29.6 Å². The summed E-state index contributed by atoms with van der Waals surface area (Å²) in [6, 6.07) is 6.69. The lowest BCUT2D eigenvalue weighted by atomic mass is 9.82. The van der Waals surface area contributed by atoms with Gasteiger partial charge >= 0.3 is 0 Å². The molecule has 1 fully saturated rings. The highest BCUT2D eigenvalue weighted by atomic mass is 32.2. The van der Waals surface area contributed by atoms with Crippen LogP contribution in [-0.4, -0.2) is 17.5 Å². The van der Waals surface area contributed by atoms with E-state index in [-0.39, 0.29) is 11.2 Å². The van der Waals surface area contributed by atoms with E-state index in [1.54, 1.807) is 6.07 Å². The number of rotatable bonds is 2. The minimum absolute atomic E-state index is 0.201. The molecule has 1 aliphatic rings. The van der Waals surface area contributed by atoms with Crippen molar-refractivity contribution in [3.8, 4) is 6.07 Å². The zero-order valence-electron chi connectivity index (χ0n) is 10.7. The number of thioether (sulfide) groups is 1. The summed E-state index contributed by atoms with van der Waals surface area (Å²) in [4.78, 5) is 0. The highest BCUT2D eigenvalue weighted by Gasteiger charge is 2.32. The SMILES string of the molecule is CC1(C)CCSCC1Nc1ccc(F)cc1C#N. The molecule has 1 heterocycles. The van der Waals surface area contributed by atoms with E-state index >= 15 is 0 Å². The fraction of sp³-hybridized carbons (Fsp3) is 0.500. The lowest BCUT2D eigenvalue weighted by Crippen LogP contribution is -2.41. The van der Waals surface area contributed by atoms with Crippen molar-refractivity contribution >= 4 is 17.4 Å². The minimum atomic E-state index is -0.366. The summed E-state index contributed by atoms with van der Waals surface area (Å²) in [5.74, 6) is 1.84. The summed E-state index contributed by atoms with van der Waals surface area (Å²) in [6.45, 7) is 4.47. The summed E-state index contributed by atoms with van der Waals surface area (Å²) < 4.78 is 13.1. The predicted molar refractivity (Wildman–Crippen MR) is 74.2 cm³/mol. The van der Waals surface area contributed by atoms with Gasteiger partial charge in [-0.2, -0.15) is 17.0 Å². The molecular formula is C14H17FN2S. The molecule has 0 aromatic heterocycles. The molecule has 0 saturated carbocycles. The second-order valence-corrected chi connectivity index (χ2v) is 6.46. The Hall–Kier alpha value is -1.21. The summed E-state index contributed by atoms with van der Waals surface area (Å²) in [6.07, 6.45) is 1.15. The van der Waals surface area contributed by atoms with Gasteiger partial charge in [-0.3, -0.25) is 0 Å². The smallest absolute Gasteiger partial charge is 0.124 e. The molecule has 96 valence electrons. The van der Waals surface area contributed by atoms with Crippen molar-refractivity contribution in [2.45, 2.75) is 26.3 Å². The van der Waals surface area contributed by atoms with Gasteiger partial charge in [0.1, 0.15) is 11.9 Å². The summed E-state index contributed by atoms with van der Waals surface area (Å²) in [5, 5.41) is 12.4. The third-order valence-electron chi connectivity index (χ3n) is 3.55. The first-order valence-electron chi connectivity index (χ1n) is 6.07. The number of nitriles is 1. The van der Waals surface area contributed by atoms with Gasteiger partial charge < -0.3 is 5.32 Å². The van der Waals surface area contributed by atoms with E-state index in [0.29, 0.717) is 11.6 Å². The topological polar surface area (TPSA) is 35.8 Å². The van der Waals surface area contributed by atoms with Crippen molar-refractivity contribution < 1.29 is 4.39 Å². The maximum atomic E-state index is 13.1. The predicted octanol–water partition coefficient (Wildman–Crippen LogP) is 3.64. The Balaban J connectivity index is 2.21. The largest absolute Gasteiger partial charge is 0.380 e. The molecule has 1 N–H and O–H groups in total. The molecule has 0 amide bonds. The van der Waals surface area contributed by atoms with Crippen LogP contribution in [0.1, 0.15) is 25.8 Å². The zero-order valence-corrected chi connectivity index (χ0v) is 11.5. The van der Waals surface area contributed by atoms with Crippen molar-refractivity contribution in [1.82, 2.24) is 0 Å². The van der Waals surface area contributed by atoms with Gasteiger partial charge in [0.2, 0.25) is 0 Å². The van der Waals surface area contributed by atoms with E-state index in [0.717, 1.165) is 17.9 Å². The second-order valence-electron chi connectivity index (χ2n) is 5.31. The van der Waals surface area contributed by atoms with Gasteiger partial charge in [0.05, 0.1) is 11.3 Å². The molecule has 1 saturated heterocycles. The Morgan fingerprint density at radius 2 is 2.28 bits per heavy atom. The van der Waals surface area contributed by atoms with E-state index in [1.165, 1.54) is 17.9 Å². The number of halogens is 1. The molecule has 2 rings (SSSR count). The average Bonchev–Trinajstić information content (AvgIpc) is 2.33. The first kappa shape index (κ1) is 13.2. The van der Waals surface area contributed by atoms with E-state index in [2.05, 4.69) is 19.2 Å². The average molecular weight is 264 g/mol. The monoisotopic (exact) mass is 264 g/mol. The molecule has 4 heteroatoms. The highest BCUT2D eigenvalue weighted by Crippen LogP contribution is 2.36. The van der Waals surface area contributed by atoms with Crippen LogP contribution in [0.2, 0.25) is 0 Å². The Bertz CT molecular complexity index is 479. The highest BCUT2D eigenvalue weighted by molar-refractivity contribution is 7.99. The molecule has 1 atom stereocenters. The summed E-state index contributed by atoms with van der Waals surface area (Å²) in [5.41, 5.74) is 1.31. The van der Waals surface area contributed by atoms with Crippen LogP contribution < -0.4 is 5.32 Å². The van der Waals surface area contributed by atoms with Crippen LogP contribution in [0, 0.1) is 22.6 Å². The van der Waals surface area contributed by atoms with Crippen molar-refractivity contribution in [2.24, 2.45) is 5.41 Å². The van der Waals surface area contributed by atoms with E-state index in [9.17, 15) is 4.39 Å². The van der Waals surface area contributed by atoms with Crippen molar-refractivity contribution in [2.75, 3.05) is 16.8 Å². The van der Waals surface area contributed by atoms with Gasteiger partial charge in [0.15, 0.2) is 0 Å². The van der Waals surface area contributed by atoms with Crippen LogP contribution in [0.4, 0.5) is 10.1 Å². The number of hydrogen-bond acceptors (Lipinski definition) is 3. The van der Waals surface area contributed by atoms with Crippen LogP contribution in [-0.2, 0) is 0 Å². The second kappa shape index (κ2) is 5.19. The molecule has 0 bridgehead atoms. The maximum Gasteiger partial charge on any atom is 0.124 e. The summed E-state index contributed by atoms with van der Waals surface area (Å²) >= 11 is 1.92. The van der Waals surface area contributed by atoms with Crippen molar-refractivity contribution in [1.29, 1.82) is 5.26 Å². The molecule has 2 nitrogen and oxygen atoms in total. The normalized spacial score (nSPS) is 22.2. The van der Waals surface area contributed by atoms with Crippen LogP contribution in [0.25, 0.3) is 0 Å². The Morgan fingerprint density at radius 3 is 2.94 bits per heavy atom. The third-order valence-corrected chi connectivity index (χ3v) is 4.61. The third kappa shape index (κ3) is 2.78. The van der Waals surface area contributed by atoms with Gasteiger partial charge in [-0.25, -0.2) is 4.39 Å². The summed E-state index contributed by atoms with van der Waals surface area (Å²) in [7, 11) is 0. The lowest BCUT2D eigenvalue weighted by molar-refractivity contribution is 0.305. The molecule has 0 radical (unpaired) electrons. The first-order valence-corrected chi connectivity index (χ1v) is 7.22. The quantitative estimate of drug-likeness (QED) is 0.885. The molecule has 1 aliphatic heterocycles. The lowest BCUT2D eigenvalue weighted by Gasteiger charge is -2.39. The van der Waals surface area contributed by atoms with E-state index < -0.39 is 0 Å². The fourth-order valence-electron chi connectivity index (χ4n) is 2.10. The number of benzene rings is 1. The number of anilines is 1. The van der Waals surface area contributed by atoms with Gasteiger partial charge in [-0.15, -0.1) is 0 Å². The fourth-order valence-corrected chi connectivity index (χ4v) is 3.70. The number of nitrogens with one attached hydrogen (secondary N) is 1. The Kier molecular flexibility index (Phi) is 3.82. The van der Waals surface area contributed by atoms with Crippen LogP contribution in [0.15, 0.2) is 18.2 Å². The molecule has 1 aromatic carbocycles. The number of hydrogen-bond donors (Lipinski definition) is 1. The molecule has 0 spiro atoms. The molecule has 1 unspecified atom stereocenters. The van der Waals surface area contributed by atoms with Crippen LogP contribution >= 0.6 is 11.8 Å². The maximum absolute atomic E-state index is 13.1. The van der Waals surface area contributed by atoms with Crippen LogP contribution in [0.3, 0.4) is 0 Å². The molecule has 18 heavy (non-hydrogen) atoms. The Labute approximate surface area is 112 Å². The van der Waals surface area contributed by atoms with E-state index in [1.807, 2.05) is 17.8 Å². The minimum Gasteiger partial charge on any atom is -0.380 e. The van der Waals surface area contributed by atoms with Gasteiger partial charge in [-0.1, -0.05) is 13.8 Å². The van der Waals surface area contributed by atoms with Gasteiger partial charge in [0, 0.05) is 11.8 Å². The Morgan fingerprint density at radius 1 is 1.50 bits per heavy atom. The van der Waals surface area contributed by atoms with Gasteiger partial charge in [-0.05, 0) is 35.8 Å². The standard InChI is InChI=1S/C14H17FN2S/c1-14(2)5-6-18-9-13(14)17-12-4-3-11(15)7-10(12)8-16/h3-4,7,13,17H,5-6,9H2,1-2H3. The first-order chi connectivity index (χ1) is 8.53. The molecule has 0 aliphatic carbocycles. The molecule has 1 aromatic rings. The van der Waals surface area contributed by atoms with Crippen LogP contribution in [0.5, 0.6) is 0 Å². The molecular weight excluding hydrogens is 247 g/mol.